The molecule has 0 unspecified atom stereocenters. The molecule has 0 fully saturated rings. The fourth-order valence-electron chi connectivity index (χ4n) is 3.17. The van der Waals surface area contributed by atoms with E-state index in [9.17, 15) is 9.59 Å². The predicted molar refractivity (Wildman–Crippen MR) is 121 cm³/mol. The third kappa shape index (κ3) is 6.81. The second-order valence-corrected chi connectivity index (χ2v) is 8.35. The number of nitrogens with one attached hydrogen (secondary N) is 2. The second-order valence-electron chi connectivity index (χ2n) is 7.40. The number of carbonyl (C=O) groups excluding carboxylic acids is 2. The molecule has 0 aliphatic heterocycles. The molecule has 2 aromatic carbocycles. The molecule has 0 radical (unpaired) electrons. The lowest BCUT2D eigenvalue weighted by Gasteiger charge is -2.12. The lowest BCUT2D eigenvalue weighted by Crippen LogP contribution is -2.30. The van der Waals surface area contributed by atoms with Crippen molar-refractivity contribution in [1.29, 1.82) is 0 Å². The van der Waals surface area contributed by atoms with E-state index >= 15 is 0 Å². The van der Waals surface area contributed by atoms with Gasteiger partial charge in [-0.2, -0.15) is 0 Å². The molecule has 0 saturated heterocycles. The highest BCUT2D eigenvalue weighted by Crippen LogP contribution is 2.23. The van der Waals surface area contributed by atoms with Gasteiger partial charge in [0.2, 0.25) is 11.8 Å². The molecule has 3 rings (SSSR count). The Labute approximate surface area is 181 Å². The van der Waals surface area contributed by atoms with Gasteiger partial charge in [0.25, 0.3) is 0 Å². The molecule has 6 heteroatoms. The van der Waals surface area contributed by atoms with Crippen LogP contribution in [0.4, 0.5) is 0 Å². The molecule has 1 aromatic heterocycles. The van der Waals surface area contributed by atoms with Crippen LogP contribution in [0.15, 0.2) is 60.0 Å². The number of aromatic nitrogens is 1. The van der Waals surface area contributed by atoms with E-state index in [1.165, 1.54) is 16.9 Å². The lowest BCUT2D eigenvalue weighted by molar-refractivity contribution is -0.121. The van der Waals surface area contributed by atoms with Gasteiger partial charge in [-0.1, -0.05) is 54.6 Å². The monoisotopic (exact) mass is 421 g/mol. The minimum atomic E-state index is -0.0246. The summed E-state index contributed by atoms with van der Waals surface area (Å²) in [7, 11) is 0. The molecule has 2 N–H and O–H groups in total. The molecular formula is C24H27N3O2S. The molecule has 0 spiro atoms. The van der Waals surface area contributed by atoms with E-state index in [1.807, 2.05) is 42.6 Å². The number of thiazole rings is 1. The Kier molecular flexibility index (Phi) is 7.74. The van der Waals surface area contributed by atoms with Crippen LogP contribution in [0.3, 0.4) is 0 Å². The average Bonchev–Trinajstić information content (AvgIpc) is 3.20. The van der Waals surface area contributed by atoms with E-state index in [0.717, 1.165) is 34.7 Å². The highest BCUT2D eigenvalue weighted by molar-refractivity contribution is 7.10. The smallest absolute Gasteiger partial charge is 0.227 e. The number of carbonyl (C=O) groups is 2. The molecular weight excluding hydrogens is 394 g/mol. The zero-order valence-electron chi connectivity index (χ0n) is 17.4. The molecule has 3 aromatic rings. The highest BCUT2D eigenvalue weighted by atomic mass is 32.1. The van der Waals surface area contributed by atoms with E-state index in [4.69, 9.17) is 0 Å². The largest absolute Gasteiger partial charge is 0.354 e. The van der Waals surface area contributed by atoms with Gasteiger partial charge in [-0.15, -0.1) is 11.3 Å². The normalized spacial score (nSPS) is 11.7. The van der Waals surface area contributed by atoms with Gasteiger partial charge < -0.3 is 10.6 Å². The molecule has 30 heavy (non-hydrogen) atoms. The maximum Gasteiger partial charge on any atom is 0.227 e. The molecule has 0 saturated carbocycles. The molecule has 0 aliphatic carbocycles. The molecule has 0 bridgehead atoms. The van der Waals surface area contributed by atoms with Gasteiger partial charge in [-0.05, 0) is 30.9 Å². The summed E-state index contributed by atoms with van der Waals surface area (Å²) in [6.07, 6.45) is 2.10. The third-order valence-electron chi connectivity index (χ3n) is 4.76. The van der Waals surface area contributed by atoms with E-state index in [2.05, 4.69) is 39.9 Å². The molecule has 2 amide bonds. The summed E-state index contributed by atoms with van der Waals surface area (Å²) < 4.78 is 0. The summed E-state index contributed by atoms with van der Waals surface area (Å²) in [5.74, 6) is -0.0191. The fourth-order valence-corrected chi connectivity index (χ4v) is 3.97. The first-order valence-corrected chi connectivity index (χ1v) is 11.0. The third-order valence-corrected chi connectivity index (χ3v) is 5.61. The molecule has 1 atom stereocenters. The summed E-state index contributed by atoms with van der Waals surface area (Å²) in [6, 6.07) is 18.4. The maximum atomic E-state index is 12.2. The SMILES string of the molecule is CC(=O)N[C@H](C)CCc1ccc(-c2csc(CC(=O)NCc3ccccc3)n2)cc1. The van der Waals surface area contributed by atoms with Crippen molar-refractivity contribution in [3.05, 3.63) is 76.1 Å². The van der Waals surface area contributed by atoms with Crippen molar-refractivity contribution in [2.45, 2.75) is 45.7 Å². The standard InChI is InChI=1S/C24H27N3O2S/c1-17(26-18(2)28)8-9-19-10-12-21(13-11-19)22-16-30-24(27-22)14-23(29)25-15-20-6-4-3-5-7-20/h3-7,10-13,16-17H,8-9,14-15H2,1-2H3,(H,25,29)(H,26,28)/t17-/m1/s1. The number of benzene rings is 2. The Morgan fingerprint density at radius 1 is 1.03 bits per heavy atom. The van der Waals surface area contributed by atoms with Crippen LogP contribution < -0.4 is 10.6 Å². The van der Waals surface area contributed by atoms with Crippen LogP contribution in [0, 0.1) is 0 Å². The summed E-state index contributed by atoms with van der Waals surface area (Å²) in [6.45, 7) is 4.09. The van der Waals surface area contributed by atoms with Crippen LogP contribution in [-0.2, 0) is 29.0 Å². The Morgan fingerprint density at radius 3 is 2.47 bits per heavy atom. The van der Waals surface area contributed by atoms with Crippen molar-refractivity contribution in [3.63, 3.8) is 0 Å². The number of hydrogen-bond acceptors (Lipinski definition) is 4. The van der Waals surface area contributed by atoms with Crippen molar-refractivity contribution in [1.82, 2.24) is 15.6 Å². The molecule has 5 nitrogen and oxygen atoms in total. The van der Waals surface area contributed by atoms with Crippen molar-refractivity contribution >= 4 is 23.2 Å². The minimum Gasteiger partial charge on any atom is -0.354 e. The van der Waals surface area contributed by atoms with Gasteiger partial charge in [0.05, 0.1) is 12.1 Å². The maximum absolute atomic E-state index is 12.2. The number of aryl methyl sites for hydroxylation is 1. The zero-order valence-corrected chi connectivity index (χ0v) is 18.2. The van der Waals surface area contributed by atoms with Gasteiger partial charge in [0.15, 0.2) is 0 Å². The van der Waals surface area contributed by atoms with Crippen LogP contribution in [0.2, 0.25) is 0 Å². The van der Waals surface area contributed by atoms with Crippen molar-refractivity contribution in [2.24, 2.45) is 0 Å². The van der Waals surface area contributed by atoms with Crippen LogP contribution in [0.5, 0.6) is 0 Å². The molecule has 0 aliphatic rings. The minimum absolute atomic E-state index is 0.00549. The Balaban J connectivity index is 1.50. The topological polar surface area (TPSA) is 71.1 Å². The fraction of sp³-hybridized carbons (Fsp3) is 0.292. The van der Waals surface area contributed by atoms with Crippen LogP contribution in [-0.4, -0.2) is 22.8 Å². The van der Waals surface area contributed by atoms with Gasteiger partial charge in [0.1, 0.15) is 5.01 Å². The van der Waals surface area contributed by atoms with Crippen molar-refractivity contribution < 1.29 is 9.59 Å². The van der Waals surface area contributed by atoms with Gasteiger partial charge >= 0.3 is 0 Å². The van der Waals surface area contributed by atoms with E-state index in [1.54, 1.807) is 6.92 Å². The van der Waals surface area contributed by atoms with E-state index in [-0.39, 0.29) is 24.3 Å². The van der Waals surface area contributed by atoms with Crippen LogP contribution in [0.1, 0.15) is 36.4 Å². The Hall–Kier alpha value is -2.99. The summed E-state index contributed by atoms with van der Waals surface area (Å²) in [5, 5.41) is 8.65. The van der Waals surface area contributed by atoms with E-state index in [0.29, 0.717) is 6.54 Å². The van der Waals surface area contributed by atoms with Crippen molar-refractivity contribution in [3.8, 4) is 11.3 Å². The van der Waals surface area contributed by atoms with Gasteiger partial charge in [-0.25, -0.2) is 4.98 Å². The van der Waals surface area contributed by atoms with Gasteiger partial charge in [0, 0.05) is 30.5 Å². The number of hydrogen-bond donors (Lipinski definition) is 2. The molecule has 1 heterocycles. The van der Waals surface area contributed by atoms with E-state index < -0.39 is 0 Å². The second kappa shape index (κ2) is 10.7. The average molecular weight is 422 g/mol. The summed E-state index contributed by atoms with van der Waals surface area (Å²) in [5.41, 5.74) is 4.24. The first-order chi connectivity index (χ1) is 14.5. The van der Waals surface area contributed by atoms with Gasteiger partial charge in [-0.3, -0.25) is 9.59 Å². The number of nitrogens with zero attached hydrogens (tertiary/aromatic N) is 1. The summed E-state index contributed by atoms with van der Waals surface area (Å²) in [4.78, 5) is 27.9. The van der Waals surface area contributed by atoms with Crippen LogP contribution >= 0.6 is 11.3 Å². The number of amides is 2. The van der Waals surface area contributed by atoms with Crippen molar-refractivity contribution in [2.75, 3.05) is 0 Å². The lowest BCUT2D eigenvalue weighted by atomic mass is 10.0. The summed E-state index contributed by atoms with van der Waals surface area (Å²) >= 11 is 1.51. The molecule has 156 valence electrons. The number of rotatable bonds is 9. The Morgan fingerprint density at radius 2 is 1.77 bits per heavy atom. The predicted octanol–water partition coefficient (Wildman–Crippen LogP) is 4.13. The highest BCUT2D eigenvalue weighted by Gasteiger charge is 2.10. The quantitative estimate of drug-likeness (QED) is 0.546. The zero-order chi connectivity index (χ0) is 21.3. The first-order valence-electron chi connectivity index (χ1n) is 10.1. The first kappa shape index (κ1) is 21.7. The van der Waals surface area contributed by atoms with Crippen LogP contribution in [0.25, 0.3) is 11.3 Å². The Bertz CT molecular complexity index is 968.